The minimum absolute atomic E-state index is 0.240. The molecule has 1 aromatic rings. The molecule has 0 saturated carbocycles. The average Bonchev–Trinajstić information content (AvgIpc) is 2.26. The number of carbonyl (C=O) groups excluding carboxylic acids is 2. The number of benzene rings is 1. The maximum atomic E-state index is 11.8. The fourth-order valence-electron chi connectivity index (χ4n) is 1.05. The molecule has 20 heavy (non-hydrogen) atoms. The summed E-state index contributed by atoms with van der Waals surface area (Å²) in [7, 11) is 0. The second-order valence-corrected chi connectivity index (χ2v) is 6.66. The molecule has 0 heterocycles. The van der Waals surface area contributed by atoms with E-state index in [0.29, 0.717) is 0 Å². The van der Waals surface area contributed by atoms with Crippen LogP contribution < -0.4 is 9.47 Å². The van der Waals surface area contributed by atoms with E-state index in [0.717, 1.165) is 0 Å². The van der Waals surface area contributed by atoms with Gasteiger partial charge in [-0.05, 0) is 53.7 Å². The molecule has 0 amide bonds. The summed E-state index contributed by atoms with van der Waals surface area (Å²) in [5, 5.41) is 0. The van der Waals surface area contributed by atoms with Crippen LogP contribution in [0.5, 0.6) is 11.5 Å². The van der Waals surface area contributed by atoms with Crippen molar-refractivity contribution in [3.05, 3.63) is 24.3 Å². The second-order valence-electron chi connectivity index (χ2n) is 6.66. The molecule has 0 N–H and O–H groups in total. The molecule has 1 rings (SSSR count). The van der Waals surface area contributed by atoms with Crippen molar-refractivity contribution in [3.8, 4) is 11.5 Å². The molecule has 1 radical (unpaired) electrons. The van der Waals surface area contributed by atoms with Crippen molar-refractivity contribution in [3.63, 3.8) is 0 Å². The highest BCUT2D eigenvalue weighted by Crippen LogP contribution is 2.24. The monoisotopic (exact) mass is 277 g/mol. The molecule has 0 spiro atoms. The van der Waals surface area contributed by atoms with Crippen molar-refractivity contribution < 1.29 is 19.1 Å². The quantitative estimate of drug-likeness (QED) is 0.614. The number of hydrogen-bond acceptors (Lipinski definition) is 4. The average molecular weight is 277 g/mol. The Kier molecular flexibility index (Phi) is 4.58. The van der Waals surface area contributed by atoms with Gasteiger partial charge in [0, 0.05) is 0 Å². The fourth-order valence-corrected chi connectivity index (χ4v) is 1.05. The van der Waals surface area contributed by atoms with Gasteiger partial charge in [0.15, 0.2) is 0 Å². The zero-order valence-corrected chi connectivity index (χ0v) is 12.9. The minimum atomic E-state index is -0.605. The van der Waals surface area contributed by atoms with E-state index in [4.69, 9.17) is 9.47 Å². The van der Waals surface area contributed by atoms with Crippen molar-refractivity contribution in [2.24, 2.45) is 10.8 Å². The number of hydrogen-bond donors (Lipinski definition) is 0. The predicted octanol–water partition coefficient (Wildman–Crippen LogP) is 3.39. The lowest BCUT2D eigenvalue weighted by Gasteiger charge is -2.18. The van der Waals surface area contributed by atoms with E-state index in [1.807, 2.05) is 0 Å². The lowest BCUT2D eigenvalue weighted by atomic mass is 9.97. The van der Waals surface area contributed by atoms with E-state index in [-0.39, 0.29) is 23.4 Å². The van der Waals surface area contributed by atoms with Crippen molar-refractivity contribution in [1.82, 2.24) is 0 Å². The largest absolute Gasteiger partial charge is 0.425 e. The van der Waals surface area contributed by atoms with Crippen LogP contribution in [0, 0.1) is 16.9 Å². The molecule has 0 aliphatic carbocycles. The van der Waals surface area contributed by atoms with Gasteiger partial charge in [0.1, 0.15) is 11.5 Å². The van der Waals surface area contributed by atoms with Gasteiger partial charge < -0.3 is 9.47 Å². The molecule has 0 aromatic heterocycles. The third kappa shape index (κ3) is 4.68. The smallest absolute Gasteiger partial charge is 0.316 e. The lowest BCUT2D eigenvalue weighted by Crippen LogP contribution is -2.26. The molecule has 1 aromatic carbocycles. The lowest BCUT2D eigenvalue weighted by molar-refractivity contribution is -0.143. The molecule has 0 unspecified atom stereocenters. The van der Waals surface area contributed by atoms with E-state index in [1.54, 1.807) is 59.7 Å². The molecule has 0 aliphatic rings. The van der Waals surface area contributed by atoms with E-state index < -0.39 is 10.8 Å². The maximum absolute atomic E-state index is 11.8. The van der Waals surface area contributed by atoms with E-state index in [1.165, 1.54) is 0 Å². The summed E-state index contributed by atoms with van der Waals surface area (Å²) in [5.41, 5.74) is -1.21. The molecule has 0 saturated heterocycles. The molecular formula is C16H21O4. The highest BCUT2D eigenvalue weighted by Gasteiger charge is 2.25. The highest BCUT2D eigenvalue weighted by molar-refractivity contribution is 5.79. The number of carbonyl (C=O) groups is 2. The Hall–Kier alpha value is -1.84. The molecule has 0 atom stereocenters. The minimum Gasteiger partial charge on any atom is -0.425 e. The normalized spacial score (nSPS) is 11.9. The number of rotatable bonds is 2. The van der Waals surface area contributed by atoms with Gasteiger partial charge >= 0.3 is 11.9 Å². The maximum Gasteiger partial charge on any atom is 0.316 e. The summed E-state index contributed by atoms with van der Waals surface area (Å²) in [5.74, 6) is -0.255. The zero-order chi connectivity index (χ0) is 15.6. The molecular weight excluding hydrogens is 256 g/mol. The van der Waals surface area contributed by atoms with Crippen LogP contribution in [0.1, 0.15) is 41.5 Å². The van der Waals surface area contributed by atoms with Gasteiger partial charge in [0.2, 0.25) is 0 Å². The van der Waals surface area contributed by atoms with Gasteiger partial charge in [0.05, 0.1) is 16.9 Å². The first-order chi connectivity index (χ1) is 9.00. The Labute approximate surface area is 120 Å². The van der Waals surface area contributed by atoms with Gasteiger partial charge in [-0.3, -0.25) is 9.59 Å². The Bertz CT molecular complexity index is 461. The SMILES string of the molecule is CC(C)(C)C(=O)Oc1[c]c(OC(=O)C(C)(C)C)ccc1. The summed E-state index contributed by atoms with van der Waals surface area (Å²) in [6.45, 7) is 10.6. The van der Waals surface area contributed by atoms with Crippen molar-refractivity contribution in [2.75, 3.05) is 0 Å². The van der Waals surface area contributed by atoms with E-state index in [2.05, 4.69) is 6.07 Å². The molecule has 0 aliphatic heterocycles. The van der Waals surface area contributed by atoms with Crippen LogP contribution in [0.25, 0.3) is 0 Å². The van der Waals surface area contributed by atoms with Crippen LogP contribution in [0.2, 0.25) is 0 Å². The molecule has 0 fully saturated rings. The Balaban J connectivity index is 2.82. The van der Waals surface area contributed by atoms with Crippen LogP contribution in [0.3, 0.4) is 0 Å². The first kappa shape index (κ1) is 16.2. The third-order valence-corrected chi connectivity index (χ3v) is 2.37. The standard InChI is InChI=1S/C16H21O4/c1-15(2,3)13(17)19-11-8-7-9-12(10-11)20-14(18)16(4,5)6/h7-9H,1-6H3. The first-order valence-corrected chi connectivity index (χ1v) is 6.47. The van der Waals surface area contributed by atoms with Crippen LogP contribution >= 0.6 is 0 Å². The molecule has 4 nitrogen and oxygen atoms in total. The molecule has 109 valence electrons. The highest BCUT2D eigenvalue weighted by atomic mass is 16.5. The van der Waals surface area contributed by atoms with E-state index >= 15 is 0 Å². The van der Waals surface area contributed by atoms with Crippen LogP contribution in [0.4, 0.5) is 0 Å². The summed E-state index contributed by atoms with van der Waals surface area (Å²) >= 11 is 0. The topological polar surface area (TPSA) is 52.6 Å². The third-order valence-electron chi connectivity index (χ3n) is 2.37. The molecule has 0 bridgehead atoms. The Morgan fingerprint density at radius 1 is 0.850 bits per heavy atom. The van der Waals surface area contributed by atoms with Crippen molar-refractivity contribution >= 4 is 11.9 Å². The zero-order valence-electron chi connectivity index (χ0n) is 12.9. The predicted molar refractivity (Wildman–Crippen MR) is 75.5 cm³/mol. The van der Waals surface area contributed by atoms with Crippen LogP contribution in [-0.2, 0) is 9.59 Å². The summed E-state index contributed by atoms with van der Waals surface area (Å²) in [6, 6.07) is 7.60. The summed E-state index contributed by atoms with van der Waals surface area (Å²) < 4.78 is 10.4. The summed E-state index contributed by atoms with van der Waals surface area (Å²) in [4.78, 5) is 23.6. The van der Waals surface area contributed by atoms with Crippen LogP contribution in [0.15, 0.2) is 18.2 Å². The summed E-state index contributed by atoms with van der Waals surface area (Å²) in [6.07, 6.45) is 0. The fraction of sp³-hybridized carbons (Fsp3) is 0.500. The van der Waals surface area contributed by atoms with Gasteiger partial charge in [-0.2, -0.15) is 0 Å². The van der Waals surface area contributed by atoms with Crippen molar-refractivity contribution in [2.45, 2.75) is 41.5 Å². The Morgan fingerprint density at radius 2 is 1.20 bits per heavy atom. The number of esters is 2. The van der Waals surface area contributed by atoms with Crippen molar-refractivity contribution in [1.29, 1.82) is 0 Å². The van der Waals surface area contributed by atoms with E-state index in [9.17, 15) is 9.59 Å². The van der Waals surface area contributed by atoms with Gasteiger partial charge in [-0.15, -0.1) is 0 Å². The van der Waals surface area contributed by atoms with Crippen LogP contribution in [-0.4, -0.2) is 11.9 Å². The van der Waals surface area contributed by atoms with Gasteiger partial charge in [-0.25, -0.2) is 0 Å². The first-order valence-electron chi connectivity index (χ1n) is 6.47. The van der Waals surface area contributed by atoms with Gasteiger partial charge in [0.25, 0.3) is 0 Å². The second kappa shape index (κ2) is 5.65. The molecule has 4 heteroatoms. The number of ether oxygens (including phenoxy) is 2. The Morgan fingerprint density at radius 3 is 1.50 bits per heavy atom. The van der Waals surface area contributed by atoms with Gasteiger partial charge in [-0.1, -0.05) is 6.07 Å².